The van der Waals surface area contributed by atoms with E-state index >= 15 is 0 Å². The van der Waals surface area contributed by atoms with Crippen LogP contribution in [0.25, 0.3) is 0 Å². The van der Waals surface area contributed by atoms with Crippen LogP contribution in [0.4, 0.5) is 9.18 Å². The molecule has 1 heterocycles. The Labute approximate surface area is 144 Å². The molecule has 0 fully saturated rings. The molecular weight excluding hydrogens is 327 g/mol. The van der Waals surface area contributed by atoms with Gasteiger partial charge in [-0.3, -0.25) is 0 Å². The molecule has 0 spiro atoms. The van der Waals surface area contributed by atoms with Crippen LogP contribution in [0.1, 0.15) is 42.5 Å². The van der Waals surface area contributed by atoms with Gasteiger partial charge < -0.3 is 15.7 Å². The standard InChI is InChI=1S/C18H21FN2O2S/c1-18(23,13-7-8-24-10-13)11-20-17(22)21-16-4-2-3-12-5-6-14(19)9-15(12)16/h5-10,16,23H,2-4,11H2,1H3,(H2,20,21,22). The molecule has 3 rings (SSSR count). The average Bonchev–Trinajstić information content (AvgIpc) is 3.09. The normalized spacial score (nSPS) is 19.2. The number of rotatable bonds is 4. The summed E-state index contributed by atoms with van der Waals surface area (Å²) in [6.45, 7) is 1.78. The fraction of sp³-hybridized carbons (Fsp3) is 0.389. The van der Waals surface area contributed by atoms with Crippen molar-refractivity contribution in [3.63, 3.8) is 0 Å². The number of carbonyl (C=O) groups is 1. The van der Waals surface area contributed by atoms with Gasteiger partial charge in [-0.25, -0.2) is 9.18 Å². The predicted octanol–water partition coefficient (Wildman–Crippen LogP) is 3.47. The van der Waals surface area contributed by atoms with Crippen LogP contribution in [0.5, 0.6) is 0 Å². The van der Waals surface area contributed by atoms with Crippen molar-refractivity contribution in [2.75, 3.05) is 6.54 Å². The molecule has 2 amide bonds. The summed E-state index contributed by atoms with van der Waals surface area (Å²) in [5, 5.41) is 19.8. The van der Waals surface area contributed by atoms with Crippen LogP contribution in [-0.2, 0) is 12.0 Å². The second-order valence-electron chi connectivity index (χ2n) is 6.40. The molecule has 128 valence electrons. The minimum Gasteiger partial charge on any atom is -0.384 e. The molecule has 0 bridgehead atoms. The molecular formula is C18H21FN2O2S. The third-order valence-corrected chi connectivity index (χ3v) is 5.15. The Morgan fingerprint density at radius 2 is 2.29 bits per heavy atom. The van der Waals surface area contributed by atoms with Crippen molar-refractivity contribution in [3.05, 3.63) is 57.5 Å². The highest BCUT2D eigenvalue weighted by molar-refractivity contribution is 7.08. The fourth-order valence-corrected chi connectivity index (χ4v) is 3.84. The van der Waals surface area contributed by atoms with E-state index in [0.717, 1.165) is 36.0 Å². The number of aryl methyl sites for hydroxylation is 1. The molecule has 2 atom stereocenters. The van der Waals surface area contributed by atoms with Gasteiger partial charge in [-0.05, 0) is 71.8 Å². The molecule has 1 aliphatic carbocycles. The number of fused-ring (bicyclic) bond motifs is 1. The van der Waals surface area contributed by atoms with Gasteiger partial charge in [0.1, 0.15) is 11.4 Å². The van der Waals surface area contributed by atoms with Crippen molar-refractivity contribution in [3.8, 4) is 0 Å². The zero-order chi connectivity index (χ0) is 17.2. The SMILES string of the molecule is CC(O)(CNC(=O)NC1CCCc2ccc(F)cc21)c1ccsc1. The van der Waals surface area contributed by atoms with Gasteiger partial charge in [-0.15, -0.1) is 0 Å². The molecule has 0 saturated heterocycles. The molecule has 6 heteroatoms. The first-order valence-electron chi connectivity index (χ1n) is 8.03. The van der Waals surface area contributed by atoms with Crippen LogP contribution >= 0.6 is 11.3 Å². The van der Waals surface area contributed by atoms with Crippen LogP contribution in [0.15, 0.2) is 35.0 Å². The summed E-state index contributed by atoms with van der Waals surface area (Å²) in [4.78, 5) is 12.2. The molecule has 0 saturated carbocycles. The molecule has 0 radical (unpaired) electrons. The summed E-state index contributed by atoms with van der Waals surface area (Å²) in [7, 11) is 0. The summed E-state index contributed by atoms with van der Waals surface area (Å²) < 4.78 is 13.5. The highest BCUT2D eigenvalue weighted by Crippen LogP contribution is 2.30. The summed E-state index contributed by atoms with van der Waals surface area (Å²) in [5.74, 6) is -0.289. The number of halogens is 1. The van der Waals surface area contributed by atoms with Crippen LogP contribution in [0.3, 0.4) is 0 Å². The van der Waals surface area contributed by atoms with E-state index in [4.69, 9.17) is 0 Å². The smallest absolute Gasteiger partial charge is 0.315 e. The molecule has 1 aromatic heterocycles. The zero-order valence-electron chi connectivity index (χ0n) is 13.5. The van der Waals surface area contributed by atoms with Crippen LogP contribution in [-0.4, -0.2) is 17.7 Å². The summed E-state index contributed by atoms with van der Waals surface area (Å²) >= 11 is 1.50. The second kappa shape index (κ2) is 6.91. The Morgan fingerprint density at radius 1 is 1.46 bits per heavy atom. The maximum Gasteiger partial charge on any atom is 0.315 e. The second-order valence-corrected chi connectivity index (χ2v) is 7.18. The Kier molecular flexibility index (Phi) is 4.87. The highest BCUT2D eigenvalue weighted by Gasteiger charge is 2.26. The van der Waals surface area contributed by atoms with E-state index in [9.17, 15) is 14.3 Å². The number of nitrogens with one attached hydrogen (secondary N) is 2. The number of hydrogen-bond donors (Lipinski definition) is 3. The number of thiophene rings is 1. The van der Waals surface area contributed by atoms with Gasteiger partial charge in [0, 0.05) is 0 Å². The van der Waals surface area contributed by atoms with Gasteiger partial charge in [0.2, 0.25) is 0 Å². The number of amides is 2. The Balaban J connectivity index is 1.61. The van der Waals surface area contributed by atoms with Crippen molar-refractivity contribution in [1.82, 2.24) is 10.6 Å². The number of urea groups is 1. The summed E-state index contributed by atoms with van der Waals surface area (Å²) in [5.41, 5.74) is 1.59. The zero-order valence-corrected chi connectivity index (χ0v) is 14.3. The third-order valence-electron chi connectivity index (χ3n) is 4.46. The molecule has 1 aliphatic rings. The Bertz CT molecular complexity index is 716. The molecule has 0 aliphatic heterocycles. The number of hydrogen-bond acceptors (Lipinski definition) is 3. The Hall–Kier alpha value is -1.92. The van der Waals surface area contributed by atoms with Gasteiger partial charge in [0.25, 0.3) is 0 Å². The van der Waals surface area contributed by atoms with E-state index in [1.165, 1.54) is 23.5 Å². The van der Waals surface area contributed by atoms with Gasteiger partial charge >= 0.3 is 6.03 Å². The third kappa shape index (κ3) is 3.76. The first-order chi connectivity index (χ1) is 11.5. The van der Waals surface area contributed by atoms with Crippen molar-refractivity contribution in [1.29, 1.82) is 0 Å². The number of carbonyl (C=O) groups excluding carboxylic acids is 1. The van der Waals surface area contributed by atoms with E-state index in [-0.39, 0.29) is 24.4 Å². The topological polar surface area (TPSA) is 61.4 Å². The van der Waals surface area contributed by atoms with Crippen molar-refractivity contribution in [2.45, 2.75) is 37.8 Å². The summed E-state index contributed by atoms with van der Waals surface area (Å²) in [6, 6.07) is 6.03. The van der Waals surface area contributed by atoms with Gasteiger partial charge in [-0.1, -0.05) is 6.07 Å². The maximum atomic E-state index is 13.5. The predicted molar refractivity (Wildman–Crippen MR) is 92.5 cm³/mol. The van der Waals surface area contributed by atoms with Gasteiger partial charge in [0.15, 0.2) is 0 Å². The van der Waals surface area contributed by atoms with E-state index in [0.29, 0.717) is 0 Å². The quantitative estimate of drug-likeness (QED) is 0.792. The first-order valence-corrected chi connectivity index (χ1v) is 8.98. The maximum absolute atomic E-state index is 13.5. The highest BCUT2D eigenvalue weighted by atomic mass is 32.1. The summed E-state index contributed by atoms with van der Waals surface area (Å²) in [6.07, 6.45) is 2.64. The van der Waals surface area contributed by atoms with Gasteiger partial charge in [0.05, 0.1) is 12.6 Å². The van der Waals surface area contributed by atoms with Gasteiger partial charge in [-0.2, -0.15) is 11.3 Å². The first kappa shape index (κ1) is 16.9. The molecule has 24 heavy (non-hydrogen) atoms. The molecule has 4 nitrogen and oxygen atoms in total. The average molecular weight is 348 g/mol. The molecule has 3 N–H and O–H groups in total. The minimum atomic E-state index is -1.12. The number of aliphatic hydroxyl groups is 1. The molecule has 1 aromatic carbocycles. The van der Waals surface area contributed by atoms with Crippen molar-refractivity contribution < 1.29 is 14.3 Å². The van der Waals surface area contributed by atoms with Crippen molar-refractivity contribution in [2.24, 2.45) is 0 Å². The lowest BCUT2D eigenvalue weighted by Crippen LogP contribution is -2.44. The minimum absolute atomic E-state index is 0.109. The largest absolute Gasteiger partial charge is 0.384 e. The van der Waals surface area contributed by atoms with E-state index in [1.807, 2.05) is 16.8 Å². The van der Waals surface area contributed by atoms with E-state index < -0.39 is 5.60 Å². The monoisotopic (exact) mass is 348 g/mol. The van der Waals surface area contributed by atoms with Crippen molar-refractivity contribution >= 4 is 17.4 Å². The van der Waals surface area contributed by atoms with Crippen LogP contribution < -0.4 is 10.6 Å². The Morgan fingerprint density at radius 3 is 3.04 bits per heavy atom. The molecule has 2 aromatic rings. The lowest BCUT2D eigenvalue weighted by molar-refractivity contribution is 0.0597. The number of benzene rings is 1. The molecule has 2 unspecified atom stereocenters. The van der Waals surface area contributed by atoms with E-state index in [1.54, 1.807) is 13.0 Å². The van der Waals surface area contributed by atoms with E-state index in [2.05, 4.69) is 10.6 Å². The lowest BCUT2D eigenvalue weighted by atomic mass is 9.87. The lowest BCUT2D eigenvalue weighted by Gasteiger charge is -2.28. The van der Waals surface area contributed by atoms with Crippen LogP contribution in [0.2, 0.25) is 0 Å². The fourth-order valence-electron chi connectivity index (χ4n) is 3.05. The van der Waals surface area contributed by atoms with Crippen LogP contribution in [0, 0.1) is 5.82 Å².